The number of rotatable bonds is 6. The molecule has 0 radical (unpaired) electrons. The normalized spacial score (nSPS) is 11.6. The Kier molecular flexibility index (Phi) is 6.58. The van der Waals surface area contributed by atoms with Crippen LogP contribution in [0.2, 0.25) is 0 Å². The van der Waals surface area contributed by atoms with E-state index >= 15 is 0 Å². The van der Waals surface area contributed by atoms with Gasteiger partial charge in [0, 0.05) is 3.57 Å². The predicted molar refractivity (Wildman–Crippen MR) is 98.2 cm³/mol. The second-order valence-corrected chi connectivity index (χ2v) is 6.37. The van der Waals surface area contributed by atoms with E-state index in [1.165, 1.54) is 0 Å². The Hall–Kier alpha value is -1.89. The van der Waals surface area contributed by atoms with Gasteiger partial charge in [0.15, 0.2) is 6.61 Å². The summed E-state index contributed by atoms with van der Waals surface area (Å²) >= 11 is 2.14. The van der Waals surface area contributed by atoms with Gasteiger partial charge in [-0.2, -0.15) is 0 Å². The number of anilines is 1. The summed E-state index contributed by atoms with van der Waals surface area (Å²) in [4.78, 5) is 23.7. The van der Waals surface area contributed by atoms with Crippen LogP contribution in [-0.4, -0.2) is 18.5 Å². The van der Waals surface area contributed by atoms with E-state index in [4.69, 9.17) is 4.74 Å². The number of nitrogens with one attached hydrogen (secondary N) is 1. The molecule has 0 saturated carbocycles. The van der Waals surface area contributed by atoms with Crippen LogP contribution in [0.15, 0.2) is 54.6 Å². The minimum Gasteiger partial charge on any atom is -0.456 e. The Balaban J connectivity index is 1.78. The number of carbonyl (C=O) groups excluding carboxylic acids is 2. The molecule has 5 heteroatoms. The fraction of sp³-hybridized carbons (Fsp3) is 0.222. The topological polar surface area (TPSA) is 55.4 Å². The van der Waals surface area contributed by atoms with Gasteiger partial charge < -0.3 is 10.1 Å². The van der Waals surface area contributed by atoms with Crippen molar-refractivity contribution in [3.63, 3.8) is 0 Å². The molecule has 0 heterocycles. The zero-order valence-corrected chi connectivity index (χ0v) is 14.9. The van der Waals surface area contributed by atoms with Crippen LogP contribution in [0.5, 0.6) is 0 Å². The highest BCUT2D eigenvalue weighted by Gasteiger charge is 2.14. The van der Waals surface area contributed by atoms with Gasteiger partial charge in [0.25, 0.3) is 5.91 Å². The largest absolute Gasteiger partial charge is 0.456 e. The minimum atomic E-state index is -0.376. The number of benzene rings is 2. The van der Waals surface area contributed by atoms with Crippen LogP contribution in [0.1, 0.15) is 24.8 Å². The van der Waals surface area contributed by atoms with Gasteiger partial charge in [-0.05, 0) is 46.2 Å². The standard InChI is InChI=1S/C18H18INO3/c1-13(14-7-3-2-4-8-14)11-18(22)23-12-17(21)20-16-10-6-5-9-15(16)19/h2-10,13H,11-12H2,1H3,(H,20,21). The van der Waals surface area contributed by atoms with Gasteiger partial charge in [-0.1, -0.05) is 49.4 Å². The molecule has 0 aliphatic heterocycles. The molecule has 4 nitrogen and oxygen atoms in total. The highest BCUT2D eigenvalue weighted by atomic mass is 127. The van der Waals surface area contributed by atoms with Gasteiger partial charge in [-0.15, -0.1) is 0 Å². The van der Waals surface area contributed by atoms with Crippen molar-refractivity contribution in [1.82, 2.24) is 0 Å². The molecule has 1 amide bonds. The highest BCUT2D eigenvalue weighted by molar-refractivity contribution is 14.1. The summed E-state index contributed by atoms with van der Waals surface area (Å²) in [6.07, 6.45) is 0.250. The molecule has 0 aliphatic carbocycles. The van der Waals surface area contributed by atoms with Gasteiger partial charge in [0.1, 0.15) is 0 Å². The number of esters is 1. The maximum absolute atomic E-state index is 11.8. The summed E-state index contributed by atoms with van der Waals surface area (Å²) in [5.74, 6) is -0.657. The summed E-state index contributed by atoms with van der Waals surface area (Å²) in [5.41, 5.74) is 1.79. The van der Waals surface area contributed by atoms with E-state index in [1.807, 2.05) is 55.5 Å². The van der Waals surface area contributed by atoms with Crippen molar-refractivity contribution in [1.29, 1.82) is 0 Å². The smallest absolute Gasteiger partial charge is 0.306 e. The fourth-order valence-electron chi connectivity index (χ4n) is 2.10. The summed E-state index contributed by atoms with van der Waals surface area (Å²) in [6.45, 7) is 1.69. The number of para-hydroxylation sites is 1. The van der Waals surface area contributed by atoms with E-state index < -0.39 is 0 Å². The second kappa shape index (κ2) is 8.67. The zero-order valence-electron chi connectivity index (χ0n) is 12.8. The average Bonchev–Trinajstić information content (AvgIpc) is 2.56. The Morgan fingerprint density at radius 1 is 1.09 bits per heavy atom. The number of hydrogen-bond donors (Lipinski definition) is 1. The van der Waals surface area contributed by atoms with E-state index in [0.717, 1.165) is 9.13 Å². The molecule has 2 aromatic rings. The van der Waals surface area contributed by atoms with Crippen LogP contribution in [0.25, 0.3) is 0 Å². The molecule has 2 aromatic carbocycles. The van der Waals surface area contributed by atoms with Crippen molar-refractivity contribution in [2.45, 2.75) is 19.3 Å². The monoisotopic (exact) mass is 423 g/mol. The van der Waals surface area contributed by atoms with Crippen LogP contribution in [0.3, 0.4) is 0 Å². The molecule has 0 aliphatic rings. The lowest BCUT2D eigenvalue weighted by atomic mass is 9.98. The molecular formula is C18H18INO3. The van der Waals surface area contributed by atoms with E-state index in [2.05, 4.69) is 27.9 Å². The van der Waals surface area contributed by atoms with Crippen molar-refractivity contribution >= 4 is 40.2 Å². The molecule has 0 bridgehead atoms. The molecular weight excluding hydrogens is 405 g/mol. The van der Waals surface area contributed by atoms with Crippen LogP contribution in [-0.2, 0) is 14.3 Å². The third kappa shape index (κ3) is 5.67. The number of halogens is 1. The van der Waals surface area contributed by atoms with Gasteiger partial charge in [0.05, 0.1) is 12.1 Å². The summed E-state index contributed by atoms with van der Waals surface area (Å²) in [5, 5.41) is 2.73. The lowest BCUT2D eigenvalue weighted by molar-refractivity contribution is -0.147. The summed E-state index contributed by atoms with van der Waals surface area (Å²) in [6, 6.07) is 17.2. The molecule has 0 saturated heterocycles. The predicted octanol–water partition coefficient (Wildman–Crippen LogP) is 3.97. The van der Waals surface area contributed by atoms with Crippen molar-refractivity contribution in [3.8, 4) is 0 Å². The highest BCUT2D eigenvalue weighted by Crippen LogP contribution is 2.19. The van der Waals surface area contributed by atoms with Crippen LogP contribution in [0, 0.1) is 3.57 Å². The van der Waals surface area contributed by atoms with Gasteiger partial charge in [-0.3, -0.25) is 9.59 Å². The minimum absolute atomic E-state index is 0.0573. The first kappa shape index (κ1) is 17.5. The number of amides is 1. The molecule has 1 N–H and O–H groups in total. The number of carbonyl (C=O) groups is 2. The van der Waals surface area contributed by atoms with E-state index in [1.54, 1.807) is 6.07 Å². The average molecular weight is 423 g/mol. The van der Waals surface area contributed by atoms with Crippen LogP contribution in [0.4, 0.5) is 5.69 Å². The van der Waals surface area contributed by atoms with Crippen molar-refractivity contribution in [3.05, 3.63) is 63.7 Å². The third-order valence-corrected chi connectivity index (χ3v) is 4.29. The summed E-state index contributed by atoms with van der Waals surface area (Å²) < 4.78 is 5.99. The number of hydrogen-bond acceptors (Lipinski definition) is 3. The second-order valence-electron chi connectivity index (χ2n) is 5.20. The molecule has 1 atom stereocenters. The first-order chi connectivity index (χ1) is 11.1. The first-order valence-electron chi connectivity index (χ1n) is 7.31. The first-order valence-corrected chi connectivity index (χ1v) is 8.39. The molecule has 0 spiro atoms. The molecule has 1 unspecified atom stereocenters. The van der Waals surface area contributed by atoms with Crippen molar-refractivity contribution in [2.75, 3.05) is 11.9 Å². The lowest BCUT2D eigenvalue weighted by Gasteiger charge is -2.12. The van der Waals surface area contributed by atoms with E-state index in [9.17, 15) is 9.59 Å². The lowest BCUT2D eigenvalue weighted by Crippen LogP contribution is -2.21. The number of ether oxygens (including phenoxy) is 1. The molecule has 23 heavy (non-hydrogen) atoms. The maximum Gasteiger partial charge on any atom is 0.306 e. The van der Waals surface area contributed by atoms with Crippen molar-refractivity contribution < 1.29 is 14.3 Å². The third-order valence-electron chi connectivity index (χ3n) is 3.35. The van der Waals surface area contributed by atoms with Gasteiger partial charge >= 0.3 is 5.97 Å². The van der Waals surface area contributed by atoms with Crippen molar-refractivity contribution in [2.24, 2.45) is 0 Å². The fourth-order valence-corrected chi connectivity index (χ4v) is 2.63. The SMILES string of the molecule is CC(CC(=O)OCC(=O)Nc1ccccc1I)c1ccccc1. The Bertz CT molecular complexity index is 673. The molecule has 2 rings (SSSR count). The Morgan fingerprint density at radius 2 is 1.74 bits per heavy atom. The molecule has 0 fully saturated rings. The van der Waals surface area contributed by atoms with E-state index in [0.29, 0.717) is 5.69 Å². The molecule has 120 valence electrons. The Labute approximate surface area is 149 Å². The van der Waals surface area contributed by atoms with Gasteiger partial charge in [-0.25, -0.2) is 0 Å². The van der Waals surface area contributed by atoms with Gasteiger partial charge in [0.2, 0.25) is 0 Å². The quantitative estimate of drug-likeness (QED) is 0.565. The maximum atomic E-state index is 11.8. The Morgan fingerprint density at radius 3 is 2.43 bits per heavy atom. The zero-order chi connectivity index (χ0) is 16.7. The molecule has 0 aromatic heterocycles. The van der Waals surface area contributed by atoms with Crippen LogP contribution < -0.4 is 5.32 Å². The van der Waals surface area contributed by atoms with E-state index in [-0.39, 0.29) is 30.8 Å². The summed E-state index contributed by atoms with van der Waals surface area (Å²) in [7, 11) is 0. The van der Waals surface area contributed by atoms with Crippen LogP contribution >= 0.6 is 22.6 Å².